The number of sulfonamides is 1. The number of hydrogen-bond donors (Lipinski definition) is 2. The minimum absolute atomic E-state index is 0.0441. The van der Waals surface area contributed by atoms with E-state index in [9.17, 15) is 13.2 Å². The van der Waals surface area contributed by atoms with Crippen molar-refractivity contribution in [3.8, 4) is 0 Å². The number of carbonyl (C=O) groups is 1. The van der Waals surface area contributed by atoms with Crippen LogP contribution in [0.15, 0.2) is 0 Å². The number of carbonyl (C=O) groups excluding carboxylic acids is 1. The lowest BCUT2D eigenvalue weighted by Crippen LogP contribution is -2.38. The molecule has 0 aliphatic heterocycles. The number of nitrogens with one attached hydrogen (secondary N) is 1. The van der Waals surface area contributed by atoms with Gasteiger partial charge in [-0.25, -0.2) is 8.42 Å². The molecule has 1 amide bonds. The van der Waals surface area contributed by atoms with Gasteiger partial charge in [0.05, 0.1) is 5.25 Å². The largest absolute Gasteiger partial charge is 0.327 e. The zero-order valence-corrected chi connectivity index (χ0v) is 9.60. The van der Waals surface area contributed by atoms with Crippen LogP contribution in [-0.4, -0.2) is 25.6 Å². The van der Waals surface area contributed by atoms with Gasteiger partial charge in [0.2, 0.25) is 15.9 Å². The smallest absolute Gasteiger partial charge is 0.237 e. The number of rotatable bonds is 5. The quantitative estimate of drug-likeness (QED) is 0.683. The van der Waals surface area contributed by atoms with Crippen molar-refractivity contribution in [3.05, 3.63) is 0 Å². The molecule has 0 fully saturated rings. The van der Waals surface area contributed by atoms with Crippen LogP contribution in [0.5, 0.6) is 0 Å². The molecule has 14 heavy (non-hydrogen) atoms. The molecule has 1 atom stereocenters. The molecule has 3 N–H and O–H groups in total. The molecule has 0 saturated carbocycles. The first kappa shape index (κ1) is 13.4. The average molecular weight is 222 g/mol. The summed E-state index contributed by atoms with van der Waals surface area (Å²) in [4.78, 5) is 11.2. The van der Waals surface area contributed by atoms with E-state index < -0.39 is 21.2 Å². The minimum Gasteiger partial charge on any atom is -0.327 e. The highest BCUT2D eigenvalue weighted by molar-refractivity contribution is 7.90. The minimum atomic E-state index is -3.51. The molecule has 0 aliphatic carbocycles. The van der Waals surface area contributed by atoms with Gasteiger partial charge in [0, 0.05) is 12.5 Å². The summed E-state index contributed by atoms with van der Waals surface area (Å²) in [6, 6.07) is -0.280. The van der Waals surface area contributed by atoms with Gasteiger partial charge in [-0.15, -0.1) is 0 Å². The van der Waals surface area contributed by atoms with Crippen molar-refractivity contribution in [1.82, 2.24) is 4.72 Å². The average Bonchev–Trinajstić information content (AvgIpc) is 2.02. The first-order valence-electron chi connectivity index (χ1n) is 4.59. The Balaban J connectivity index is 4.21. The molecule has 0 heterocycles. The van der Waals surface area contributed by atoms with Gasteiger partial charge in [0.15, 0.2) is 0 Å². The van der Waals surface area contributed by atoms with Crippen LogP contribution in [0.4, 0.5) is 0 Å². The second-order valence-corrected chi connectivity index (χ2v) is 5.73. The van der Waals surface area contributed by atoms with E-state index in [0.717, 1.165) is 0 Å². The van der Waals surface area contributed by atoms with E-state index in [1.54, 1.807) is 0 Å². The van der Waals surface area contributed by atoms with E-state index in [0.29, 0.717) is 6.42 Å². The molecule has 0 radical (unpaired) electrons. The summed E-state index contributed by atoms with van der Waals surface area (Å²) >= 11 is 0. The molecular formula is C8H18N2O3S. The van der Waals surface area contributed by atoms with Crippen molar-refractivity contribution in [1.29, 1.82) is 0 Å². The molecule has 84 valence electrons. The van der Waals surface area contributed by atoms with Crippen LogP contribution in [0.1, 0.15) is 33.6 Å². The summed E-state index contributed by atoms with van der Waals surface area (Å²) in [6.07, 6.45) is 0.692. The van der Waals surface area contributed by atoms with Gasteiger partial charge in [-0.2, -0.15) is 0 Å². The summed E-state index contributed by atoms with van der Waals surface area (Å²) < 4.78 is 24.4. The highest BCUT2D eigenvalue weighted by Crippen LogP contribution is 1.99. The lowest BCUT2D eigenvalue weighted by Gasteiger charge is -2.11. The number of hydrogen-bond acceptors (Lipinski definition) is 4. The predicted molar refractivity (Wildman–Crippen MR) is 55.1 cm³/mol. The third kappa shape index (κ3) is 4.57. The van der Waals surface area contributed by atoms with E-state index >= 15 is 0 Å². The van der Waals surface area contributed by atoms with Crippen LogP contribution in [0, 0.1) is 0 Å². The first-order valence-corrected chi connectivity index (χ1v) is 6.14. The Morgan fingerprint density at radius 3 is 2.29 bits per heavy atom. The molecule has 6 heteroatoms. The van der Waals surface area contributed by atoms with E-state index in [4.69, 9.17) is 5.73 Å². The van der Waals surface area contributed by atoms with Crippen LogP contribution in [-0.2, 0) is 14.8 Å². The molecule has 0 aromatic heterocycles. The molecule has 0 spiro atoms. The Hall–Kier alpha value is -0.620. The van der Waals surface area contributed by atoms with Crippen LogP contribution in [0.3, 0.4) is 0 Å². The molecule has 1 unspecified atom stereocenters. The van der Waals surface area contributed by atoms with E-state index in [1.165, 1.54) is 13.8 Å². The summed E-state index contributed by atoms with van der Waals surface area (Å²) in [7, 11) is -3.51. The normalized spacial score (nSPS) is 14.1. The summed E-state index contributed by atoms with van der Waals surface area (Å²) in [6.45, 7) is 4.86. The van der Waals surface area contributed by atoms with E-state index in [-0.39, 0.29) is 12.5 Å². The SMILES string of the molecule is CCC(N)CC(=O)NS(=O)(=O)C(C)C. The van der Waals surface area contributed by atoms with Crippen LogP contribution in [0.25, 0.3) is 0 Å². The van der Waals surface area contributed by atoms with Gasteiger partial charge >= 0.3 is 0 Å². The zero-order chi connectivity index (χ0) is 11.4. The standard InChI is InChI=1S/C8H18N2O3S/c1-4-7(9)5-8(11)10-14(12,13)6(2)3/h6-7H,4-5,9H2,1-3H3,(H,10,11). The molecular weight excluding hydrogens is 204 g/mol. The van der Waals surface area contributed by atoms with Crippen LogP contribution in [0.2, 0.25) is 0 Å². The molecule has 5 nitrogen and oxygen atoms in total. The van der Waals surface area contributed by atoms with Crippen molar-refractivity contribution in [2.24, 2.45) is 5.73 Å². The Morgan fingerprint density at radius 1 is 1.43 bits per heavy atom. The van der Waals surface area contributed by atoms with Gasteiger partial charge in [0.25, 0.3) is 0 Å². The van der Waals surface area contributed by atoms with Crippen molar-refractivity contribution in [3.63, 3.8) is 0 Å². The summed E-state index contributed by atoms with van der Waals surface area (Å²) in [5, 5.41) is -0.607. The van der Waals surface area contributed by atoms with Crippen molar-refractivity contribution in [2.45, 2.75) is 44.9 Å². The molecule has 0 bridgehead atoms. The molecule has 0 aliphatic rings. The summed E-state index contributed by atoms with van der Waals surface area (Å²) in [5.74, 6) is -0.534. The first-order chi connectivity index (χ1) is 6.29. The predicted octanol–water partition coefficient (Wildman–Crippen LogP) is -0.0318. The van der Waals surface area contributed by atoms with Crippen LogP contribution < -0.4 is 10.5 Å². The monoisotopic (exact) mass is 222 g/mol. The third-order valence-corrected chi connectivity index (χ3v) is 3.60. The van der Waals surface area contributed by atoms with Crippen molar-refractivity contribution < 1.29 is 13.2 Å². The Morgan fingerprint density at radius 2 is 1.93 bits per heavy atom. The second-order valence-electron chi connectivity index (χ2n) is 3.49. The fourth-order valence-electron chi connectivity index (χ4n) is 0.701. The Kier molecular flexibility index (Phi) is 5.07. The lowest BCUT2D eigenvalue weighted by atomic mass is 10.2. The van der Waals surface area contributed by atoms with Crippen molar-refractivity contribution in [2.75, 3.05) is 0 Å². The number of amides is 1. The highest BCUT2D eigenvalue weighted by Gasteiger charge is 2.19. The van der Waals surface area contributed by atoms with Crippen LogP contribution >= 0.6 is 0 Å². The molecule has 0 rings (SSSR count). The van der Waals surface area contributed by atoms with Gasteiger partial charge in [-0.1, -0.05) is 6.92 Å². The molecule has 0 saturated heterocycles. The fourth-order valence-corrected chi connectivity index (χ4v) is 1.34. The zero-order valence-electron chi connectivity index (χ0n) is 8.78. The maximum Gasteiger partial charge on any atom is 0.237 e. The Bertz CT molecular complexity index is 285. The maximum absolute atomic E-state index is 11.2. The summed E-state index contributed by atoms with van der Waals surface area (Å²) in [5.41, 5.74) is 5.51. The van der Waals surface area contributed by atoms with Gasteiger partial charge < -0.3 is 5.73 Å². The Labute approximate surface area is 85.1 Å². The number of nitrogens with two attached hydrogens (primary N) is 1. The van der Waals surface area contributed by atoms with Gasteiger partial charge in [-0.05, 0) is 20.3 Å². The van der Waals surface area contributed by atoms with E-state index in [2.05, 4.69) is 0 Å². The molecule has 0 aromatic rings. The topological polar surface area (TPSA) is 89.3 Å². The van der Waals surface area contributed by atoms with E-state index in [1.807, 2.05) is 11.6 Å². The lowest BCUT2D eigenvalue weighted by molar-refractivity contribution is -0.119. The second kappa shape index (κ2) is 5.31. The highest BCUT2D eigenvalue weighted by atomic mass is 32.2. The maximum atomic E-state index is 11.2. The van der Waals surface area contributed by atoms with Gasteiger partial charge in [0.1, 0.15) is 0 Å². The molecule has 0 aromatic carbocycles. The fraction of sp³-hybridized carbons (Fsp3) is 0.875. The third-order valence-electron chi connectivity index (χ3n) is 1.85. The van der Waals surface area contributed by atoms with Gasteiger partial charge in [-0.3, -0.25) is 9.52 Å². The van der Waals surface area contributed by atoms with Crippen molar-refractivity contribution >= 4 is 15.9 Å².